The predicted molar refractivity (Wildman–Crippen MR) is 77.8 cm³/mol. The van der Waals surface area contributed by atoms with Crippen molar-refractivity contribution < 1.29 is 4.52 Å². The molecule has 0 N–H and O–H groups in total. The lowest BCUT2D eigenvalue weighted by atomic mass is 9.97. The monoisotopic (exact) mass is 292 g/mol. The lowest BCUT2D eigenvalue weighted by molar-refractivity contribution is 0.193. The van der Waals surface area contributed by atoms with Gasteiger partial charge in [-0.1, -0.05) is 12.1 Å². The van der Waals surface area contributed by atoms with Crippen LogP contribution < -0.4 is 0 Å². The molecule has 1 fully saturated rings. The maximum absolute atomic E-state index is 5.23. The summed E-state index contributed by atoms with van der Waals surface area (Å²) in [5, 5.41) is 7.42. The molecule has 1 aliphatic rings. The second kappa shape index (κ2) is 6.01. The third-order valence-electron chi connectivity index (χ3n) is 3.71. The number of thiazole rings is 1. The quantitative estimate of drug-likeness (QED) is 0.867. The summed E-state index contributed by atoms with van der Waals surface area (Å²) in [4.78, 5) is 11.5. The van der Waals surface area contributed by atoms with E-state index in [1.807, 2.05) is 6.92 Å². The van der Waals surface area contributed by atoms with E-state index in [1.54, 1.807) is 11.3 Å². The second-order valence-electron chi connectivity index (χ2n) is 5.33. The van der Waals surface area contributed by atoms with Crippen LogP contribution in [0.1, 0.15) is 48.1 Å². The van der Waals surface area contributed by atoms with Crippen molar-refractivity contribution in [2.45, 2.75) is 45.6 Å². The van der Waals surface area contributed by atoms with Gasteiger partial charge in [0.2, 0.25) is 5.89 Å². The molecule has 3 heterocycles. The molecule has 0 saturated carbocycles. The minimum Gasteiger partial charge on any atom is -0.339 e. The highest BCUT2D eigenvalue weighted by molar-refractivity contribution is 7.09. The van der Waals surface area contributed by atoms with E-state index in [1.165, 1.54) is 12.1 Å². The third-order valence-corrected chi connectivity index (χ3v) is 4.53. The van der Waals surface area contributed by atoms with Gasteiger partial charge < -0.3 is 4.52 Å². The predicted octanol–water partition coefficient (Wildman–Crippen LogP) is 2.78. The van der Waals surface area contributed by atoms with Gasteiger partial charge >= 0.3 is 0 Å². The Morgan fingerprint density at radius 1 is 1.45 bits per heavy atom. The van der Waals surface area contributed by atoms with Crippen LogP contribution in [0.2, 0.25) is 0 Å². The maximum Gasteiger partial charge on any atom is 0.226 e. The van der Waals surface area contributed by atoms with Gasteiger partial charge in [0.1, 0.15) is 0 Å². The van der Waals surface area contributed by atoms with E-state index in [0.29, 0.717) is 5.92 Å². The minimum absolute atomic E-state index is 0.396. The Hall–Kier alpha value is -1.27. The number of hydrogen-bond acceptors (Lipinski definition) is 6. The van der Waals surface area contributed by atoms with E-state index in [9.17, 15) is 0 Å². The van der Waals surface area contributed by atoms with Gasteiger partial charge in [-0.15, -0.1) is 11.3 Å². The molecule has 20 heavy (non-hydrogen) atoms. The second-order valence-corrected chi connectivity index (χ2v) is 6.39. The molecular formula is C14H20N4OS. The summed E-state index contributed by atoms with van der Waals surface area (Å²) < 4.78 is 5.23. The summed E-state index contributed by atoms with van der Waals surface area (Å²) in [6.45, 7) is 7.15. The lowest BCUT2D eigenvalue weighted by Crippen LogP contribution is -2.34. The summed E-state index contributed by atoms with van der Waals surface area (Å²) in [7, 11) is 0. The number of likely N-dealkylation sites (tertiary alicyclic amines) is 1. The minimum atomic E-state index is 0.396. The zero-order chi connectivity index (χ0) is 13.9. The molecule has 1 saturated heterocycles. The highest BCUT2D eigenvalue weighted by Gasteiger charge is 2.25. The zero-order valence-corrected chi connectivity index (χ0v) is 12.8. The topological polar surface area (TPSA) is 55.1 Å². The third kappa shape index (κ3) is 3.07. The van der Waals surface area contributed by atoms with Gasteiger partial charge in [0.25, 0.3) is 0 Å². The molecule has 2 aromatic rings. The van der Waals surface area contributed by atoms with Crippen LogP contribution in [-0.2, 0) is 13.0 Å². The SMILES string of the molecule is CCc1nc(C2CCCN(Cc3csc(C)n3)C2)no1. The lowest BCUT2D eigenvalue weighted by Gasteiger charge is -2.30. The molecule has 5 nitrogen and oxygen atoms in total. The van der Waals surface area contributed by atoms with Crippen molar-refractivity contribution >= 4 is 11.3 Å². The van der Waals surface area contributed by atoms with Gasteiger partial charge in [-0.2, -0.15) is 4.98 Å². The maximum atomic E-state index is 5.23. The van der Waals surface area contributed by atoms with E-state index in [0.717, 1.165) is 49.2 Å². The Morgan fingerprint density at radius 3 is 3.05 bits per heavy atom. The van der Waals surface area contributed by atoms with Gasteiger partial charge in [0.05, 0.1) is 10.7 Å². The zero-order valence-electron chi connectivity index (χ0n) is 12.0. The van der Waals surface area contributed by atoms with Crippen LogP contribution in [0, 0.1) is 6.92 Å². The Balaban J connectivity index is 1.64. The van der Waals surface area contributed by atoms with Crippen LogP contribution >= 0.6 is 11.3 Å². The van der Waals surface area contributed by atoms with E-state index < -0.39 is 0 Å². The highest BCUT2D eigenvalue weighted by atomic mass is 32.1. The van der Waals surface area contributed by atoms with Crippen LogP contribution in [0.3, 0.4) is 0 Å². The molecule has 1 unspecified atom stereocenters. The van der Waals surface area contributed by atoms with E-state index in [4.69, 9.17) is 4.52 Å². The average molecular weight is 292 g/mol. The molecule has 0 bridgehead atoms. The van der Waals surface area contributed by atoms with Crippen LogP contribution in [0.15, 0.2) is 9.90 Å². The number of hydrogen-bond donors (Lipinski definition) is 0. The average Bonchev–Trinajstić information content (AvgIpc) is 3.08. The molecular weight excluding hydrogens is 272 g/mol. The Kier molecular flexibility index (Phi) is 4.12. The Morgan fingerprint density at radius 2 is 2.35 bits per heavy atom. The first-order chi connectivity index (χ1) is 9.74. The molecule has 3 rings (SSSR count). The fourth-order valence-electron chi connectivity index (χ4n) is 2.70. The fourth-order valence-corrected chi connectivity index (χ4v) is 3.30. The molecule has 1 aliphatic heterocycles. The van der Waals surface area contributed by atoms with Crippen molar-refractivity contribution in [3.63, 3.8) is 0 Å². The van der Waals surface area contributed by atoms with Crippen molar-refractivity contribution in [1.82, 2.24) is 20.0 Å². The van der Waals surface area contributed by atoms with E-state index in [2.05, 4.69) is 32.3 Å². The Labute approximate surface area is 123 Å². The van der Waals surface area contributed by atoms with Crippen molar-refractivity contribution in [3.8, 4) is 0 Å². The van der Waals surface area contributed by atoms with Crippen molar-refractivity contribution in [2.75, 3.05) is 13.1 Å². The first kappa shape index (κ1) is 13.7. The van der Waals surface area contributed by atoms with Crippen molar-refractivity contribution in [2.24, 2.45) is 0 Å². The molecule has 0 aromatic carbocycles. The molecule has 0 aliphatic carbocycles. The summed E-state index contributed by atoms with van der Waals surface area (Å²) >= 11 is 1.72. The first-order valence-corrected chi connectivity index (χ1v) is 8.08. The number of aryl methyl sites for hydroxylation is 2. The van der Waals surface area contributed by atoms with Crippen LogP contribution in [0.5, 0.6) is 0 Å². The molecule has 0 spiro atoms. The van der Waals surface area contributed by atoms with E-state index in [-0.39, 0.29) is 0 Å². The standard InChI is InChI=1S/C14H20N4OS/c1-3-13-16-14(17-19-13)11-5-4-6-18(7-11)8-12-9-20-10(2)15-12/h9,11H,3-8H2,1-2H3. The summed E-state index contributed by atoms with van der Waals surface area (Å²) in [5.74, 6) is 2.01. The molecule has 1 atom stereocenters. The first-order valence-electron chi connectivity index (χ1n) is 7.20. The number of nitrogens with zero attached hydrogens (tertiary/aromatic N) is 4. The molecule has 0 radical (unpaired) electrons. The van der Waals surface area contributed by atoms with Crippen molar-refractivity contribution in [1.29, 1.82) is 0 Å². The van der Waals surface area contributed by atoms with Crippen LogP contribution in [0.25, 0.3) is 0 Å². The molecule has 0 amide bonds. The van der Waals surface area contributed by atoms with Gasteiger partial charge in [0.15, 0.2) is 5.82 Å². The van der Waals surface area contributed by atoms with E-state index >= 15 is 0 Å². The van der Waals surface area contributed by atoms with Gasteiger partial charge in [-0.05, 0) is 26.3 Å². The van der Waals surface area contributed by atoms with Gasteiger partial charge in [-0.3, -0.25) is 4.90 Å². The molecule has 2 aromatic heterocycles. The van der Waals surface area contributed by atoms with Gasteiger partial charge in [-0.25, -0.2) is 4.98 Å². The summed E-state index contributed by atoms with van der Waals surface area (Å²) in [6.07, 6.45) is 3.14. The molecule has 6 heteroatoms. The van der Waals surface area contributed by atoms with Gasteiger partial charge in [0, 0.05) is 30.8 Å². The van der Waals surface area contributed by atoms with Crippen LogP contribution in [-0.4, -0.2) is 33.1 Å². The van der Waals surface area contributed by atoms with Crippen molar-refractivity contribution in [3.05, 3.63) is 27.8 Å². The number of rotatable bonds is 4. The fraction of sp³-hybridized carbons (Fsp3) is 0.643. The largest absolute Gasteiger partial charge is 0.339 e. The smallest absolute Gasteiger partial charge is 0.226 e. The number of piperidine rings is 1. The van der Waals surface area contributed by atoms with Crippen LogP contribution in [0.4, 0.5) is 0 Å². The normalized spacial score (nSPS) is 20.4. The highest BCUT2D eigenvalue weighted by Crippen LogP contribution is 2.26. The summed E-state index contributed by atoms with van der Waals surface area (Å²) in [5.41, 5.74) is 1.18. The Bertz CT molecular complexity index is 565. The summed E-state index contributed by atoms with van der Waals surface area (Å²) in [6, 6.07) is 0. The molecule has 108 valence electrons. The number of aromatic nitrogens is 3.